The van der Waals surface area contributed by atoms with Gasteiger partial charge in [0.05, 0.1) is 0 Å². The first-order valence-corrected chi connectivity index (χ1v) is 12.0. The Morgan fingerprint density at radius 2 is 0.327 bits per heavy atom. The van der Waals surface area contributed by atoms with Crippen LogP contribution in [0, 0.1) is 52.4 Å². The Morgan fingerprint density at radius 3 is 0.423 bits per heavy atom. The molecule has 0 atom stereocenters. The summed E-state index contributed by atoms with van der Waals surface area (Å²) in [5.74, 6) is -39.0. The lowest BCUT2D eigenvalue weighted by Crippen LogP contribution is -2.61. The Kier molecular flexibility index (Phi) is 10.1. The summed E-state index contributed by atoms with van der Waals surface area (Å²) < 4.78 is 381. The Labute approximate surface area is 265 Å². The van der Waals surface area contributed by atoms with Crippen molar-refractivity contribution in [2.45, 2.75) is 37.1 Å². The maximum atomic E-state index is 15.4. The van der Waals surface area contributed by atoms with Gasteiger partial charge in [0, 0.05) is 16.4 Å². The maximum Gasteiger partial charge on any atom is 0.422 e. The Morgan fingerprint density at radius 1 is 0.212 bits per heavy atom. The highest BCUT2D eigenvalue weighted by Gasteiger charge is 2.57. The van der Waals surface area contributed by atoms with Gasteiger partial charge in [0.1, 0.15) is 68.3 Å². The fraction of sp³-hybridized carbons (Fsp3) is 0.250. The lowest BCUT2D eigenvalue weighted by Gasteiger charge is -2.27. The van der Waals surface area contributed by atoms with Crippen molar-refractivity contribution in [2.24, 2.45) is 0 Å². The predicted molar refractivity (Wildman–Crippen MR) is 114 cm³/mol. The van der Waals surface area contributed by atoms with Crippen molar-refractivity contribution in [1.82, 2.24) is 0 Å². The zero-order chi connectivity index (χ0) is 41.0. The second-order valence-electron chi connectivity index (χ2n) is 9.74. The normalized spacial score (nSPS) is 13.7. The van der Waals surface area contributed by atoms with E-state index < -0.39 is 146 Å². The van der Waals surface area contributed by atoms with Gasteiger partial charge in [-0.15, -0.1) is 0 Å². The van der Waals surface area contributed by atoms with Crippen LogP contribution < -0.4 is 16.4 Å². The maximum absolute atomic E-state index is 15.4. The summed E-state index contributed by atoms with van der Waals surface area (Å²) in [4.78, 5) is 0. The minimum Gasteiger partial charge on any atom is -0.207 e. The van der Waals surface area contributed by atoms with Gasteiger partial charge in [-0.3, -0.25) is 0 Å². The van der Waals surface area contributed by atoms with Gasteiger partial charge in [-0.25, -0.2) is 39.5 Å². The van der Waals surface area contributed by atoms with Gasteiger partial charge in [-0.2, -0.15) is 79.0 Å². The first kappa shape index (κ1) is 42.2. The second kappa shape index (κ2) is 12.5. The first-order chi connectivity index (χ1) is 22.9. The van der Waals surface area contributed by atoms with Crippen molar-refractivity contribution in [3.05, 3.63) is 85.7 Å². The van der Waals surface area contributed by atoms with Crippen LogP contribution in [0.3, 0.4) is 0 Å². The van der Waals surface area contributed by atoms with Crippen LogP contribution in [0.5, 0.6) is 0 Å². The molecule has 0 amide bonds. The van der Waals surface area contributed by atoms with Crippen LogP contribution in [0.15, 0.2) is 0 Å². The molecule has 0 bridgehead atoms. The minimum atomic E-state index is -7.14. The summed E-state index contributed by atoms with van der Waals surface area (Å²) in [5, 5.41) is 0. The Bertz CT molecular complexity index is 1590. The number of halogens is 27. The second-order valence-corrected chi connectivity index (χ2v) is 9.74. The molecule has 0 N–H and O–H groups in total. The molecule has 0 heterocycles. The highest BCUT2D eigenvalue weighted by molar-refractivity contribution is 6.96. The number of hydrogen-bond donors (Lipinski definition) is 0. The quantitative estimate of drug-likeness (QED) is 0.183. The van der Waals surface area contributed by atoms with Crippen LogP contribution in [0.4, 0.5) is 119 Å². The van der Waals surface area contributed by atoms with E-state index in [1.807, 2.05) is 0 Å². The molecule has 0 aliphatic rings. The largest absolute Gasteiger partial charge is 0.422 e. The summed E-state index contributed by atoms with van der Waals surface area (Å²) in [6.45, 7) is -5.67. The number of hydrogen-bond acceptors (Lipinski definition) is 0. The van der Waals surface area contributed by atoms with Gasteiger partial charge < -0.3 is 0 Å². The van der Waals surface area contributed by atoms with E-state index in [0.29, 0.717) is 0 Å². The summed E-state index contributed by atoms with van der Waals surface area (Å²) in [6.07, 6.45) is -42.8. The predicted octanol–water partition coefficient (Wildman–Crippen LogP) is 9.57. The third-order valence-electron chi connectivity index (χ3n) is 6.62. The average Bonchev–Trinajstić information content (AvgIpc) is 2.82. The summed E-state index contributed by atoms with van der Waals surface area (Å²) in [7, 11) is 0. The minimum absolute atomic E-state index is 4.16. The molecule has 3 aromatic rings. The zero-order valence-electron chi connectivity index (χ0n) is 22.8. The van der Waals surface area contributed by atoms with E-state index >= 15 is 26.3 Å². The molecule has 0 radical (unpaired) electrons. The van der Waals surface area contributed by atoms with Gasteiger partial charge in [0.2, 0.25) is 0 Å². The Balaban J connectivity index is 3.08. The van der Waals surface area contributed by atoms with E-state index in [1.165, 1.54) is 0 Å². The summed E-state index contributed by atoms with van der Waals surface area (Å²) >= 11 is 0. The smallest absolute Gasteiger partial charge is 0.207 e. The highest BCUT2D eigenvalue weighted by Crippen LogP contribution is 2.45. The van der Waals surface area contributed by atoms with Gasteiger partial charge in [0.15, 0.2) is 17.5 Å². The van der Waals surface area contributed by atoms with Crippen molar-refractivity contribution < 1.29 is 119 Å². The third-order valence-corrected chi connectivity index (χ3v) is 6.62. The molecule has 0 nitrogen and oxygen atoms in total. The van der Waals surface area contributed by atoms with Crippen LogP contribution in [0.25, 0.3) is 0 Å². The fourth-order valence-electron chi connectivity index (χ4n) is 4.74. The van der Waals surface area contributed by atoms with Gasteiger partial charge in [-0.1, -0.05) is 0 Å². The zero-order valence-corrected chi connectivity index (χ0v) is 22.8. The summed E-state index contributed by atoms with van der Waals surface area (Å²) in [5.41, 5.74) is -38.3. The number of alkyl halides is 18. The van der Waals surface area contributed by atoms with E-state index in [0.717, 1.165) is 0 Å². The average molecular weight is 812 g/mol. The van der Waals surface area contributed by atoms with Crippen LogP contribution in [0.2, 0.25) is 0 Å². The van der Waals surface area contributed by atoms with Crippen LogP contribution >= 0.6 is 0 Å². The van der Waals surface area contributed by atoms with Gasteiger partial charge in [0.25, 0.3) is 6.71 Å². The van der Waals surface area contributed by atoms with Gasteiger partial charge >= 0.3 is 37.1 Å². The van der Waals surface area contributed by atoms with Crippen molar-refractivity contribution in [3.63, 3.8) is 0 Å². The molecule has 0 unspecified atom stereocenters. The molecular weight excluding hydrogens is 812 g/mol. The SMILES string of the molecule is Fc1c(B(c2c(F)c(C(F)(F)F)c(F)c(C(F)(F)F)c2F)c2c(F)c(C(F)(F)F)c(F)c(C(F)(F)F)c2F)c(F)c(C(F)(F)F)c(F)c1C(F)(F)F. The molecular formula is C24BF27. The molecule has 0 fully saturated rings. The van der Waals surface area contributed by atoms with Crippen LogP contribution in [-0.4, -0.2) is 6.71 Å². The molecule has 0 aliphatic heterocycles. The molecule has 0 aliphatic carbocycles. The van der Waals surface area contributed by atoms with E-state index in [-0.39, 0.29) is 0 Å². The fourth-order valence-corrected chi connectivity index (χ4v) is 4.74. The van der Waals surface area contributed by atoms with Crippen molar-refractivity contribution in [1.29, 1.82) is 0 Å². The van der Waals surface area contributed by atoms with E-state index in [9.17, 15) is 92.2 Å². The highest BCUT2D eigenvalue weighted by atomic mass is 19.4. The summed E-state index contributed by atoms with van der Waals surface area (Å²) in [6, 6.07) is 0. The van der Waals surface area contributed by atoms with Crippen molar-refractivity contribution in [3.8, 4) is 0 Å². The van der Waals surface area contributed by atoms with Crippen molar-refractivity contribution in [2.75, 3.05) is 0 Å². The topological polar surface area (TPSA) is 0 Å². The van der Waals surface area contributed by atoms with Gasteiger partial charge in [-0.05, 0) is 0 Å². The standard InChI is InChI=1S/C24BF27/c26-10-1(19(35,36)37)13(29)7(14(30)2(10)20(38,39)40)25(8-15(31)3(21(41,42)43)11(27)4(16(8)32)22(44,45)46)9-17(33)5(23(47,48)49)12(28)6(18(9)34)24(50,51)52. The Hall–Kier alpha value is -4.17. The molecule has 28 heteroatoms. The molecule has 52 heavy (non-hydrogen) atoms. The van der Waals surface area contributed by atoms with E-state index in [1.54, 1.807) is 0 Å². The molecule has 0 aromatic heterocycles. The number of benzene rings is 3. The molecule has 288 valence electrons. The first-order valence-electron chi connectivity index (χ1n) is 12.0. The van der Waals surface area contributed by atoms with Crippen LogP contribution in [-0.2, 0) is 37.1 Å². The molecule has 0 saturated heterocycles. The lowest BCUT2D eigenvalue weighted by atomic mass is 9.35. The monoisotopic (exact) mass is 812 g/mol. The molecule has 3 aromatic carbocycles. The van der Waals surface area contributed by atoms with E-state index in [2.05, 4.69) is 0 Å². The molecule has 0 saturated carbocycles. The molecule has 3 rings (SSSR count). The third kappa shape index (κ3) is 6.87. The van der Waals surface area contributed by atoms with E-state index in [4.69, 9.17) is 0 Å². The molecule has 0 spiro atoms. The van der Waals surface area contributed by atoms with Crippen LogP contribution in [0.1, 0.15) is 33.4 Å². The lowest BCUT2D eigenvalue weighted by molar-refractivity contribution is -0.152. The number of rotatable bonds is 3. The van der Waals surface area contributed by atoms with Crippen molar-refractivity contribution >= 4 is 23.1 Å².